The summed E-state index contributed by atoms with van der Waals surface area (Å²) in [6.07, 6.45) is 9.78. The number of fused-ring (bicyclic) bond motifs is 2. The number of anilines is 1. The van der Waals surface area contributed by atoms with Crippen molar-refractivity contribution in [3.8, 4) is 11.1 Å². The third-order valence-electron chi connectivity index (χ3n) is 12.7. The van der Waals surface area contributed by atoms with E-state index in [1.165, 1.54) is 10.1 Å². The fourth-order valence-corrected chi connectivity index (χ4v) is 9.13. The Morgan fingerprint density at radius 3 is 2.37 bits per heavy atom. The number of imide groups is 1. The number of piperazine rings is 1. The fraction of sp³-hybridized carbons (Fsp3) is 0.543. The molecule has 332 valence electrons. The Hall–Kier alpha value is -5.00. The first-order chi connectivity index (χ1) is 30.2. The van der Waals surface area contributed by atoms with Crippen molar-refractivity contribution in [2.75, 3.05) is 77.7 Å². The number of hydrogen-bond donors (Lipinski definition) is 3. The second-order valence-corrected chi connectivity index (χ2v) is 17.0. The van der Waals surface area contributed by atoms with Crippen LogP contribution in [0.3, 0.4) is 0 Å². The molecule has 0 bridgehead atoms. The van der Waals surface area contributed by atoms with Gasteiger partial charge >= 0.3 is 5.69 Å². The first-order valence-corrected chi connectivity index (χ1v) is 22.3. The number of nitrogens with zero attached hydrogens (tertiary/aromatic N) is 7. The van der Waals surface area contributed by atoms with Crippen LogP contribution in [0.5, 0.6) is 0 Å². The SMILES string of the molecule is Cn1c(=O)n(C2CCC(=O)NC2=O)c2ccc(CCCOCCOCCN3CCN(Cc4ccc(-c5cn(C6CCC(O)CC6)c6nc(NCCCF)ncc56)cc4)CC3)cc21. The number of nitrogens with one attached hydrogen (secondary N) is 2. The van der Waals surface area contributed by atoms with Gasteiger partial charge in [-0.2, -0.15) is 4.98 Å². The van der Waals surface area contributed by atoms with Crippen molar-refractivity contribution in [3.05, 3.63) is 76.5 Å². The molecule has 3 aliphatic rings. The summed E-state index contributed by atoms with van der Waals surface area (Å²) in [6, 6.07) is 14.3. The molecule has 0 spiro atoms. The predicted molar refractivity (Wildman–Crippen MR) is 236 cm³/mol. The zero-order valence-corrected chi connectivity index (χ0v) is 35.8. The molecule has 1 aliphatic carbocycles. The quantitative estimate of drug-likeness (QED) is 0.0777. The maximum Gasteiger partial charge on any atom is 0.329 e. The van der Waals surface area contributed by atoms with Crippen molar-refractivity contribution >= 4 is 39.8 Å². The van der Waals surface area contributed by atoms with E-state index in [2.05, 4.69) is 60.4 Å². The summed E-state index contributed by atoms with van der Waals surface area (Å²) in [5.41, 5.74) is 6.65. The lowest BCUT2D eigenvalue weighted by molar-refractivity contribution is -0.135. The van der Waals surface area contributed by atoms with Crippen LogP contribution in [-0.4, -0.2) is 129 Å². The molecule has 2 amide bonds. The molecular formula is C46H60FN9O6. The van der Waals surface area contributed by atoms with E-state index in [-0.39, 0.29) is 36.8 Å². The van der Waals surface area contributed by atoms with Gasteiger partial charge in [0.1, 0.15) is 11.7 Å². The lowest BCUT2D eigenvalue weighted by Gasteiger charge is -2.34. The van der Waals surface area contributed by atoms with Gasteiger partial charge in [-0.05, 0) is 80.2 Å². The number of piperidine rings is 1. The molecule has 1 saturated carbocycles. The van der Waals surface area contributed by atoms with E-state index in [0.29, 0.717) is 57.3 Å². The van der Waals surface area contributed by atoms with Crippen molar-refractivity contribution in [3.63, 3.8) is 0 Å². The van der Waals surface area contributed by atoms with Gasteiger partial charge in [-0.25, -0.2) is 9.78 Å². The van der Waals surface area contributed by atoms with Crippen LogP contribution in [0.2, 0.25) is 0 Å². The van der Waals surface area contributed by atoms with Crippen molar-refractivity contribution in [1.82, 2.24) is 38.8 Å². The molecule has 1 unspecified atom stereocenters. The Balaban J connectivity index is 0.731. The largest absolute Gasteiger partial charge is 0.393 e. The van der Waals surface area contributed by atoms with Crippen molar-refractivity contribution < 1.29 is 28.6 Å². The van der Waals surface area contributed by atoms with E-state index in [1.54, 1.807) is 11.6 Å². The van der Waals surface area contributed by atoms with Crippen LogP contribution in [-0.2, 0) is 39.1 Å². The van der Waals surface area contributed by atoms with Gasteiger partial charge < -0.3 is 24.5 Å². The van der Waals surface area contributed by atoms with Crippen molar-refractivity contribution in [2.45, 2.75) is 82.5 Å². The predicted octanol–water partition coefficient (Wildman–Crippen LogP) is 4.76. The highest BCUT2D eigenvalue weighted by molar-refractivity contribution is 6.00. The number of aliphatic hydroxyl groups excluding tert-OH is 1. The zero-order valence-electron chi connectivity index (χ0n) is 35.8. The number of carbonyl (C=O) groups excluding carboxylic acids is 2. The number of benzene rings is 2. The maximum absolute atomic E-state index is 13.0. The topological polar surface area (TPSA) is 161 Å². The molecule has 3 aromatic heterocycles. The third kappa shape index (κ3) is 10.3. The molecule has 0 radical (unpaired) electrons. The van der Waals surface area contributed by atoms with Gasteiger partial charge in [0, 0.05) is 95.3 Å². The summed E-state index contributed by atoms with van der Waals surface area (Å²) < 4.78 is 29.8. The smallest absolute Gasteiger partial charge is 0.329 e. The molecule has 1 atom stereocenters. The lowest BCUT2D eigenvalue weighted by Crippen LogP contribution is -2.46. The second-order valence-electron chi connectivity index (χ2n) is 17.0. The summed E-state index contributed by atoms with van der Waals surface area (Å²) >= 11 is 0. The minimum atomic E-state index is -0.687. The summed E-state index contributed by atoms with van der Waals surface area (Å²) in [4.78, 5) is 51.5. The second kappa shape index (κ2) is 20.5. The van der Waals surface area contributed by atoms with E-state index in [1.807, 2.05) is 24.4 Å². The van der Waals surface area contributed by atoms with Crippen LogP contribution in [0.1, 0.15) is 74.6 Å². The number of ether oxygens (including phenoxy) is 2. The molecule has 62 heavy (non-hydrogen) atoms. The normalized spacial score (nSPS) is 20.3. The number of aromatic nitrogens is 5. The third-order valence-corrected chi connectivity index (χ3v) is 12.7. The molecule has 5 heterocycles. The zero-order chi connectivity index (χ0) is 43.0. The van der Waals surface area contributed by atoms with E-state index in [9.17, 15) is 23.9 Å². The van der Waals surface area contributed by atoms with Gasteiger partial charge in [0.25, 0.3) is 0 Å². The van der Waals surface area contributed by atoms with E-state index >= 15 is 0 Å². The molecule has 15 nitrogen and oxygen atoms in total. The number of aryl methyl sites for hydroxylation is 2. The summed E-state index contributed by atoms with van der Waals surface area (Å²) in [5.74, 6) is -0.222. The van der Waals surface area contributed by atoms with Crippen molar-refractivity contribution in [1.29, 1.82) is 0 Å². The molecule has 2 saturated heterocycles. The first-order valence-electron chi connectivity index (χ1n) is 22.3. The number of imidazole rings is 1. The molecule has 5 aromatic rings. The molecule has 2 aromatic carbocycles. The molecule has 3 fully saturated rings. The Kier molecular flexibility index (Phi) is 14.4. The van der Waals surface area contributed by atoms with Gasteiger partial charge in [-0.3, -0.25) is 38.2 Å². The van der Waals surface area contributed by atoms with E-state index < -0.39 is 11.9 Å². The van der Waals surface area contributed by atoms with Crippen LogP contribution < -0.4 is 16.3 Å². The molecule has 16 heteroatoms. The average molecular weight is 854 g/mol. The van der Waals surface area contributed by atoms with Crippen LogP contribution in [0.25, 0.3) is 33.2 Å². The summed E-state index contributed by atoms with van der Waals surface area (Å²) in [7, 11) is 1.71. The molecule has 8 rings (SSSR count). The van der Waals surface area contributed by atoms with Gasteiger partial charge in [-0.1, -0.05) is 30.3 Å². The highest BCUT2D eigenvalue weighted by Gasteiger charge is 2.31. The van der Waals surface area contributed by atoms with Crippen LogP contribution in [0.15, 0.2) is 59.7 Å². The minimum Gasteiger partial charge on any atom is -0.393 e. The monoisotopic (exact) mass is 853 g/mol. The van der Waals surface area contributed by atoms with E-state index in [4.69, 9.17) is 14.5 Å². The average Bonchev–Trinajstić information content (AvgIpc) is 3.77. The number of aliphatic hydroxyl groups is 1. The van der Waals surface area contributed by atoms with Gasteiger partial charge in [0.05, 0.1) is 43.6 Å². The maximum atomic E-state index is 13.0. The number of rotatable bonds is 19. The minimum absolute atomic E-state index is 0.216. The first kappa shape index (κ1) is 43.6. The fourth-order valence-electron chi connectivity index (χ4n) is 9.13. The van der Waals surface area contributed by atoms with Crippen molar-refractivity contribution in [2.24, 2.45) is 7.05 Å². The molecule has 3 N–H and O–H groups in total. The highest BCUT2D eigenvalue weighted by atomic mass is 19.1. The van der Waals surface area contributed by atoms with E-state index in [0.717, 1.165) is 111 Å². The highest BCUT2D eigenvalue weighted by Crippen LogP contribution is 2.37. The Labute approximate surface area is 361 Å². The van der Waals surface area contributed by atoms with Gasteiger partial charge in [-0.15, -0.1) is 0 Å². The Bertz CT molecular complexity index is 2360. The number of hydrogen-bond acceptors (Lipinski definition) is 11. The van der Waals surface area contributed by atoms with Gasteiger partial charge in [0.2, 0.25) is 17.8 Å². The molecule has 2 aliphatic heterocycles. The molecular weight excluding hydrogens is 794 g/mol. The number of amides is 2. The summed E-state index contributed by atoms with van der Waals surface area (Å²) in [5, 5.41) is 16.7. The van der Waals surface area contributed by atoms with Gasteiger partial charge in [0.15, 0.2) is 0 Å². The van der Waals surface area contributed by atoms with Crippen LogP contribution in [0, 0.1) is 0 Å². The Morgan fingerprint density at radius 2 is 1.61 bits per heavy atom. The number of alkyl halides is 1. The Morgan fingerprint density at radius 1 is 0.871 bits per heavy atom. The summed E-state index contributed by atoms with van der Waals surface area (Å²) in [6.45, 7) is 8.28. The lowest BCUT2D eigenvalue weighted by atomic mass is 9.93. The standard InChI is InChI=1S/C46H60FN9O6/c1-52-41-28-32(7-14-39(41)56(46(52)60)40-15-16-42(58)50-44(40)59)4-2-24-61-26-27-62-25-23-53-19-21-54(22-20-53)30-33-5-8-34(9-6-33)38-31-55(35-10-12-36(57)13-11-35)43-37(38)29-49-45(51-43)48-18-3-17-47/h5-9,14,28-29,31,35-36,40,57H,2-4,10-13,15-27,30H2,1H3,(H,48,49,51)(H,50,58,59). The number of carbonyl (C=O) groups is 2. The van der Waals surface area contributed by atoms with Crippen LogP contribution in [0.4, 0.5) is 10.3 Å². The van der Waals surface area contributed by atoms with Crippen LogP contribution >= 0.6 is 0 Å². The number of halogens is 1.